The Morgan fingerprint density at radius 2 is 2.06 bits per heavy atom. The molecule has 1 aromatic carbocycles. The molecule has 0 saturated carbocycles. The topological polar surface area (TPSA) is 111 Å². The van der Waals surface area contributed by atoms with E-state index in [-0.39, 0.29) is 43.3 Å². The number of aliphatic hydroxyl groups is 1. The molecular formula is C26H40N4O5. The van der Waals surface area contributed by atoms with Crippen molar-refractivity contribution in [1.82, 2.24) is 20.4 Å². The van der Waals surface area contributed by atoms with Crippen LogP contribution in [0.5, 0.6) is 5.75 Å². The van der Waals surface area contributed by atoms with E-state index in [1.54, 1.807) is 17.0 Å². The fraction of sp³-hybridized carbons (Fsp3) is 0.654. The third-order valence-electron chi connectivity index (χ3n) is 6.60. The number of aliphatic hydroxyl groups excluding tert-OH is 1. The first-order valence-electron chi connectivity index (χ1n) is 12.6. The van der Waals surface area contributed by atoms with Crippen molar-refractivity contribution in [3.05, 3.63) is 29.8 Å². The van der Waals surface area contributed by atoms with Crippen molar-refractivity contribution in [1.29, 1.82) is 0 Å². The summed E-state index contributed by atoms with van der Waals surface area (Å²) in [6, 6.07) is 5.42. The normalized spacial score (nSPS) is 24.0. The maximum atomic E-state index is 13.6. The van der Waals surface area contributed by atoms with E-state index < -0.39 is 24.0 Å². The van der Waals surface area contributed by atoms with E-state index >= 15 is 0 Å². The Morgan fingerprint density at radius 1 is 1.29 bits per heavy atom. The molecule has 4 atom stereocenters. The molecule has 2 fully saturated rings. The SMILES string of the molecule is CC(C)C[C@@H]1NC(=O)[C@@H]2C[C@H](C(=O)NCCCCN(C)C)[C@H](c3cccc(OCCO)c3)N2C1=O. The summed E-state index contributed by atoms with van der Waals surface area (Å²) < 4.78 is 5.58. The minimum absolute atomic E-state index is 0.115. The van der Waals surface area contributed by atoms with Crippen molar-refractivity contribution in [2.24, 2.45) is 11.8 Å². The summed E-state index contributed by atoms with van der Waals surface area (Å²) in [5, 5.41) is 15.0. The summed E-state index contributed by atoms with van der Waals surface area (Å²) in [5.41, 5.74) is 0.752. The molecule has 3 N–H and O–H groups in total. The van der Waals surface area contributed by atoms with Crippen LogP contribution in [0.4, 0.5) is 0 Å². The standard InChI is InChI=1S/C26H40N4O5/c1-17(2)14-21-26(34)30-22(25(33)28-21)16-20(24(32)27-10-5-6-11-29(3)4)23(30)18-8-7-9-19(15-18)35-13-12-31/h7-9,15,17,20-23,31H,5-6,10-14,16H2,1-4H3,(H,27,32)(H,28,33)/t20-,21-,22-,23-/m0/s1. The van der Waals surface area contributed by atoms with E-state index in [0.717, 1.165) is 24.9 Å². The number of unbranched alkanes of at least 4 members (excludes halogenated alkanes) is 1. The molecule has 0 spiro atoms. The number of amides is 3. The molecule has 2 aliphatic heterocycles. The Kier molecular flexibility index (Phi) is 9.51. The van der Waals surface area contributed by atoms with Gasteiger partial charge < -0.3 is 30.3 Å². The van der Waals surface area contributed by atoms with Crippen molar-refractivity contribution < 1.29 is 24.2 Å². The van der Waals surface area contributed by atoms with Crippen molar-refractivity contribution in [2.75, 3.05) is 40.4 Å². The van der Waals surface area contributed by atoms with E-state index in [0.29, 0.717) is 18.7 Å². The van der Waals surface area contributed by atoms with Crippen LogP contribution < -0.4 is 15.4 Å². The molecule has 0 bridgehead atoms. The molecule has 9 heteroatoms. The molecule has 2 saturated heterocycles. The van der Waals surface area contributed by atoms with Gasteiger partial charge in [0.25, 0.3) is 0 Å². The highest BCUT2D eigenvalue weighted by atomic mass is 16.5. The van der Waals surface area contributed by atoms with Gasteiger partial charge in [0.05, 0.1) is 18.6 Å². The van der Waals surface area contributed by atoms with Gasteiger partial charge in [-0.15, -0.1) is 0 Å². The summed E-state index contributed by atoms with van der Waals surface area (Å²) in [7, 11) is 4.04. The largest absolute Gasteiger partial charge is 0.491 e. The molecule has 0 radical (unpaired) electrons. The first kappa shape index (κ1) is 26.9. The molecule has 0 aliphatic carbocycles. The molecule has 194 valence electrons. The predicted molar refractivity (Wildman–Crippen MR) is 133 cm³/mol. The number of carbonyl (C=O) groups excluding carboxylic acids is 3. The quantitative estimate of drug-likeness (QED) is 0.383. The van der Waals surface area contributed by atoms with E-state index in [1.165, 1.54) is 0 Å². The lowest BCUT2D eigenvalue weighted by atomic mass is 9.92. The number of ether oxygens (including phenoxy) is 1. The molecular weight excluding hydrogens is 448 g/mol. The molecule has 3 rings (SSSR count). The van der Waals surface area contributed by atoms with Crippen LogP contribution >= 0.6 is 0 Å². The van der Waals surface area contributed by atoms with Gasteiger partial charge in [-0.3, -0.25) is 14.4 Å². The van der Waals surface area contributed by atoms with Crippen LogP contribution in [0.3, 0.4) is 0 Å². The van der Waals surface area contributed by atoms with Gasteiger partial charge in [0.15, 0.2) is 0 Å². The van der Waals surface area contributed by atoms with Crippen LogP contribution in [-0.2, 0) is 14.4 Å². The number of fused-ring (bicyclic) bond motifs is 1. The van der Waals surface area contributed by atoms with Crippen LogP contribution in [0.25, 0.3) is 0 Å². The Labute approximate surface area is 208 Å². The zero-order valence-corrected chi connectivity index (χ0v) is 21.3. The minimum atomic E-state index is -0.678. The van der Waals surface area contributed by atoms with Gasteiger partial charge in [-0.25, -0.2) is 0 Å². The first-order valence-corrected chi connectivity index (χ1v) is 12.6. The molecule has 1 aromatic rings. The molecule has 9 nitrogen and oxygen atoms in total. The highest BCUT2D eigenvalue weighted by Crippen LogP contribution is 2.44. The number of hydrogen-bond acceptors (Lipinski definition) is 6. The van der Waals surface area contributed by atoms with Crippen LogP contribution in [0.15, 0.2) is 24.3 Å². The number of nitrogens with one attached hydrogen (secondary N) is 2. The maximum absolute atomic E-state index is 13.6. The zero-order valence-electron chi connectivity index (χ0n) is 21.3. The Bertz CT molecular complexity index is 890. The van der Waals surface area contributed by atoms with Gasteiger partial charge in [0.2, 0.25) is 17.7 Å². The zero-order chi connectivity index (χ0) is 25.5. The Morgan fingerprint density at radius 3 is 2.74 bits per heavy atom. The highest BCUT2D eigenvalue weighted by molar-refractivity contribution is 5.99. The second-order valence-electron chi connectivity index (χ2n) is 10.2. The predicted octanol–water partition coefficient (Wildman–Crippen LogP) is 1.32. The van der Waals surface area contributed by atoms with E-state index in [9.17, 15) is 14.4 Å². The van der Waals surface area contributed by atoms with Gasteiger partial charge >= 0.3 is 0 Å². The third kappa shape index (κ3) is 6.73. The van der Waals surface area contributed by atoms with E-state index in [1.807, 2.05) is 40.1 Å². The van der Waals surface area contributed by atoms with Gasteiger partial charge in [-0.2, -0.15) is 0 Å². The Balaban J connectivity index is 1.86. The summed E-state index contributed by atoms with van der Waals surface area (Å²) >= 11 is 0. The van der Waals surface area contributed by atoms with Gasteiger partial charge in [-0.1, -0.05) is 26.0 Å². The summed E-state index contributed by atoms with van der Waals surface area (Å²) in [6.07, 6.45) is 2.65. The first-order chi connectivity index (χ1) is 16.7. The average Bonchev–Trinajstić information content (AvgIpc) is 3.22. The van der Waals surface area contributed by atoms with Crippen LogP contribution in [0.1, 0.15) is 51.1 Å². The van der Waals surface area contributed by atoms with Crippen molar-refractivity contribution in [3.63, 3.8) is 0 Å². The lowest BCUT2D eigenvalue weighted by molar-refractivity contribution is -0.150. The third-order valence-corrected chi connectivity index (χ3v) is 6.60. The lowest BCUT2D eigenvalue weighted by Crippen LogP contribution is -2.61. The highest BCUT2D eigenvalue weighted by Gasteiger charge is 2.54. The van der Waals surface area contributed by atoms with Crippen molar-refractivity contribution in [3.8, 4) is 5.75 Å². The lowest BCUT2D eigenvalue weighted by Gasteiger charge is -2.39. The van der Waals surface area contributed by atoms with E-state index in [2.05, 4.69) is 15.5 Å². The van der Waals surface area contributed by atoms with Crippen molar-refractivity contribution in [2.45, 2.75) is 57.7 Å². The number of piperazine rings is 1. The molecule has 2 aliphatic rings. The average molecular weight is 489 g/mol. The Hall–Kier alpha value is -2.65. The summed E-state index contributed by atoms with van der Waals surface area (Å²) in [6.45, 7) is 5.56. The fourth-order valence-electron chi connectivity index (χ4n) is 5.03. The monoisotopic (exact) mass is 488 g/mol. The van der Waals surface area contributed by atoms with Gasteiger partial charge in [0, 0.05) is 6.54 Å². The van der Waals surface area contributed by atoms with Gasteiger partial charge in [-0.05, 0) is 69.9 Å². The molecule has 0 aromatic heterocycles. The number of rotatable bonds is 12. The molecule has 35 heavy (non-hydrogen) atoms. The maximum Gasteiger partial charge on any atom is 0.246 e. The smallest absolute Gasteiger partial charge is 0.246 e. The van der Waals surface area contributed by atoms with E-state index in [4.69, 9.17) is 9.84 Å². The molecule has 3 amide bonds. The summed E-state index contributed by atoms with van der Waals surface area (Å²) in [5.74, 6) is -0.245. The fourth-order valence-corrected chi connectivity index (χ4v) is 5.03. The van der Waals surface area contributed by atoms with Gasteiger partial charge in [0.1, 0.15) is 24.4 Å². The minimum Gasteiger partial charge on any atom is -0.491 e. The van der Waals surface area contributed by atoms with Crippen molar-refractivity contribution >= 4 is 17.7 Å². The van der Waals surface area contributed by atoms with Crippen LogP contribution in [0, 0.1) is 11.8 Å². The number of benzene rings is 1. The van der Waals surface area contributed by atoms with Crippen LogP contribution in [-0.4, -0.2) is 85.1 Å². The second-order valence-corrected chi connectivity index (χ2v) is 10.2. The number of nitrogens with zero attached hydrogens (tertiary/aromatic N) is 2. The molecule has 2 heterocycles. The summed E-state index contributed by atoms with van der Waals surface area (Å²) in [4.78, 5) is 43.7. The molecule has 0 unspecified atom stereocenters. The van der Waals surface area contributed by atoms with Crippen LogP contribution in [0.2, 0.25) is 0 Å². The number of carbonyl (C=O) groups is 3. The second kappa shape index (κ2) is 12.4. The number of hydrogen-bond donors (Lipinski definition) is 3.